The molecule has 27 heavy (non-hydrogen) atoms. The molecule has 140 valence electrons. The summed E-state index contributed by atoms with van der Waals surface area (Å²) in [5.74, 6) is 1.13. The molecule has 1 amide bonds. The van der Waals surface area contributed by atoms with E-state index in [0.717, 1.165) is 5.56 Å². The third-order valence-corrected chi connectivity index (χ3v) is 3.73. The normalized spacial score (nSPS) is 10.7. The molecule has 0 spiro atoms. The molecule has 0 atom stereocenters. The van der Waals surface area contributed by atoms with Gasteiger partial charge in [-0.2, -0.15) is 10.4 Å². The van der Waals surface area contributed by atoms with E-state index < -0.39 is 5.91 Å². The molecular weight excluding hydrogens is 346 g/mol. The van der Waals surface area contributed by atoms with Crippen molar-refractivity contribution in [3.63, 3.8) is 0 Å². The Morgan fingerprint density at radius 1 is 1.11 bits per heavy atom. The van der Waals surface area contributed by atoms with Gasteiger partial charge in [-0.15, -0.1) is 0 Å². The van der Waals surface area contributed by atoms with Gasteiger partial charge in [-0.3, -0.25) is 4.79 Å². The Balaban J connectivity index is 2.04. The van der Waals surface area contributed by atoms with Crippen molar-refractivity contribution in [2.45, 2.75) is 13.3 Å². The van der Waals surface area contributed by atoms with Gasteiger partial charge in [-0.05, 0) is 36.8 Å². The summed E-state index contributed by atoms with van der Waals surface area (Å²) in [4.78, 5) is 12.0. The molecule has 2 aromatic rings. The fourth-order valence-corrected chi connectivity index (χ4v) is 2.35. The number of carbonyl (C=O) groups is 1. The maximum absolute atomic E-state index is 12.0. The van der Waals surface area contributed by atoms with Gasteiger partial charge in [-0.25, -0.2) is 5.43 Å². The number of benzene rings is 2. The number of amides is 1. The second kappa shape index (κ2) is 9.82. The van der Waals surface area contributed by atoms with E-state index in [2.05, 4.69) is 10.5 Å². The summed E-state index contributed by atoms with van der Waals surface area (Å²) in [6.45, 7) is 1.69. The van der Waals surface area contributed by atoms with Gasteiger partial charge in [0.2, 0.25) is 0 Å². The van der Waals surface area contributed by atoms with Crippen LogP contribution in [0.2, 0.25) is 0 Å². The molecule has 0 radical (unpaired) electrons. The molecule has 0 aliphatic carbocycles. The summed E-state index contributed by atoms with van der Waals surface area (Å²) in [5, 5.41) is 13.2. The monoisotopic (exact) mass is 367 g/mol. The number of ether oxygens (including phenoxy) is 3. The zero-order chi connectivity index (χ0) is 19.6. The SMILES string of the molecule is CC/C(=N\NC(=O)COc1ccccc1C#N)c1ccc(OC)c(OC)c1. The molecule has 0 bridgehead atoms. The summed E-state index contributed by atoms with van der Waals surface area (Å²) in [5.41, 5.74) is 4.34. The van der Waals surface area contributed by atoms with Crippen molar-refractivity contribution < 1.29 is 19.0 Å². The first-order chi connectivity index (χ1) is 13.1. The topological polar surface area (TPSA) is 92.9 Å². The van der Waals surface area contributed by atoms with E-state index in [1.807, 2.05) is 19.1 Å². The predicted octanol–water partition coefficient (Wildman–Crippen LogP) is 2.88. The predicted molar refractivity (Wildman–Crippen MR) is 101 cm³/mol. The first-order valence-electron chi connectivity index (χ1n) is 8.32. The number of nitriles is 1. The number of hydrogen-bond donors (Lipinski definition) is 1. The minimum absolute atomic E-state index is 0.245. The lowest BCUT2D eigenvalue weighted by Gasteiger charge is -2.11. The smallest absolute Gasteiger partial charge is 0.277 e. The van der Waals surface area contributed by atoms with E-state index in [9.17, 15) is 4.79 Å². The molecule has 0 heterocycles. The molecule has 2 rings (SSSR count). The molecule has 0 saturated heterocycles. The summed E-state index contributed by atoms with van der Waals surface area (Å²) < 4.78 is 15.9. The summed E-state index contributed by atoms with van der Waals surface area (Å²) >= 11 is 0. The van der Waals surface area contributed by atoms with Gasteiger partial charge in [0.05, 0.1) is 25.5 Å². The zero-order valence-electron chi connectivity index (χ0n) is 15.5. The van der Waals surface area contributed by atoms with E-state index in [0.29, 0.717) is 34.9 Å². The van der Waals surface area contributed by atoms with Gasteiger partial charge < -0.3 is 14.2 Å². The highest BCUT2D eigenvalue weighted by Gasteiger charge is 2.10. The number of nitrogens with zero attached hydrogens (tertiary/aromatic N) is 2. The largest absolute Gasteiger partial charge is 0.493 e. The van der Waals surface area contributed by atoms with E-state index in [1.165, 1.54) is 0 Å². The third kappa shape index (κ3) is 5.22. The van der Waals surface area contributed by atoms with Crippen molar-refractivity contribution in [3.05, 3.63) is 53.6 Å². The second-order valence-corrected chi connectivity index (χ2v) is 5.41. The van der Waals surface area contributed by atoms with Gasteiger partial charge in [-0.1, -0.05) is 19.1 Å². The molecule has 1 N–H and O–H groups in total. The highest BCUT2D eigenvalue weighted by Crippen LogP contribution is 2.28. The fourth-order valence-electron chi connectivity index (χ4n) is 2.35. The van der Waals surface area contributed by atoms with E-state index in [-0.39, 0.29) is 6.61 Å². The molecular formula is C20H21N3O4. The number of hydrogen-bond acceptors (Lipinski definition) is 6. The first-order valence-corrected chi connectivity index (χ1v) is 8.32. The molecule has 0 aliphatic rings. The lowest BCUT2D eigenvalue weighted by atomic mass is 10.1. The molecule has 0 unspecified atom stereocenters. The van der Waals surface area contributed by atoms with Crippen molar-refractivity contribution in [2.75, 3.05) is 20.8 Å². The summed E-state index contributed by atoms with van der Waals surface area (Å²) in [6, 6.07) is 14.2. The van der Waals surface area contributed by atoms with Crippen LogP contribution in [0.5, 0.6) is 17.2 Å². The van der Waals surface area contributed by atoms with Gasteiger partial charge in [0.15, 0.2) is 18.1 Å². The Kier molecular flexibility index (Phi) is 7.20. The Hall–Kier alpha value is -3.53. The van der Waals surface area contributed by atoms with Crippen molar-refractivity contribution in [1.29, 1.82) is 5.26 Å². The maximum Gasteiger partial charge on any atom is 0.277 e. The molecule has 0 saturated carbocycles. The third-order valence-electron chi connectivity index (χ3n) is 3.73. The van der Waals surface area contributed by atoms with Crippen LogP contribution >= 0.6 is 0 Å². The minimum Gasteiger partial charge on any atom is -0.493 e. The van der Waals surface area contributed by atoms with Gasteiger partial charge in [0, 0.05) is 5.56 Å². The van der Waals surface area contributed by atoms with Crippen molar-refractivity contribution in [2.24, 2.45) is 5.10 Å². The number of methoxy groups -OCH3 is 2. The standard InChI is InChI=1S/C20H21N3O4/c1-4-16(14-9-10-18(25-2)19(11-14)26-3)22-23-20(24)13-27-17-8-6-5-7-15(17)12-21/h5-11H,4,13H2,1-3H3,(H,23,24)/b22-16+. The average Bonchev–Trinajstić information content (AvgIpc) is 2.72. The molecule has 2 aromatic carbocycles. The van der Waals surface area contributed by atoms with Crippen molar-refractivity contribution in [3.8, 4) is 23.3 Å². The Morgan fingerprint density at radius 3 is 2.52 bits per heavy atom. The Morgan fingerprint density at radius 2 is 1.85 bits per heavy atom. The van der Waals surface area contributed by atoms with Gasteiger partial charge in [0.1, 0.15) is 11.8 Å². The lowest BCUT2D eigenvalue weighted by molar-refractivity contribution is -0.123. The summed E-state index contributed by atoms with van der Waals surface area (Å²) in [7, 11) is 3.12. The van der Waals surface area contributed by atoms with Crippen LogP contribution in [0, 0.1) is 11.3 Å². The Labute approximate surface area is 158 Å². The first kappa shape index (κ1) is 19.8. The number of rotatable bonds is 8. The van der Waals surface area contributed by atoms with Crippen LogP contribution in [0.1, 0.15) is 24.5 Å². The summed E-state index contributed by atoms with van der Waals surface area (Å²) in [6.07, 6.45) is 0.605. The minimum atomic E-state index is -0.422. The number of carbonyl (C=O) groups excluding carboxylic acids is 1. The molecule has 7 nitrogen and oxygen atoms in total. The van der Waals surface area contributed by atoms with Crippen LogP contribution in [0.25, 0.3) is 0 Å². The number of para-hydroxylation sites is 1. The lowest BCUT2D eigenvalue weighted by Crippen LogP contribution is -2.26. The zero-order valence-corrected chi connectivity index (χ0v) is 15.5. The van der Waals surface area contributed by atoms with E-state index in [4.69, 9.17) is 19.5 Å². The quantitative estimate of drug-likeness (QED) is 0.572. The van der Waals surface area contributed by atoms with Crippen LogP contribution in [-0.2, 0) is 4.79 Å². The van der Waals surface area contributed by atoms with Crippen molar-refractivity contribution in [1.82, 2.24) is 5.43 Å². The average molecular weight is 367 g/mol. The van der Waals surface area contributed by atoms with E-state index >= 15 is 0 Å². The highest BCUT2D eigenvalue weighted by molar-refractivity contribution is 6.01. The van der Waals surface area contributed by atoms with Gasteiger partial charge >= 0.3 is 0 Å². The highest BCUT2D eigenvalue weighted by atomic mass is 16.5. The van der Waals surface area contributed by atoms with Crippen LogP contribution in [0.3, 0.4) is 0 Å². The molecule has 0 aliphatic heterocycles. The molecule has 0 aromatic heterocycles. The maximum atomic E-state index is 12.0. The number of nitrogens with one attached hydrogen (secondary N) is 1. The van der Waals surface area contributed by atoms with E-state index in [1.54, 1.807) is 50.6 Å². The van der Waals surface area contributed by atoms with Crippen LogP contribution < -0.4 is 19.6 Å². The molecule has 0 fully saturated rings. The Bertz CT molecular complexity index is 872. The second-order valence-electron chi connectivity index (χ2n) is 5.41. The van der Waals surface area contributed by atoms with Crippen LogP contribution in [-0.4, -0.2) is 32.4 Å². The van der Waals surface area contributed by atoms with Crippen LogP contribution in [0.15, 0.2) is 47.6 Å². The fraction of sp³-hybridized carbons (Fsp3) is 0.250. The van der Waals surface area contributed by atoms with Crippen LogP contribution in [0.4, 0.5) is 0 Å². The number of hydrazone groups is 1. The van der Waals surface area contributed by atoms with Crippen molar-refractivity contribution >= 4 is 11.6 Å². The van der Waals surface area contributed by atoms with Gasteiger partial charge in [0.25, 0.3) is 5.91 Å². The molecule has 7 heteroatoms.